The Labute approximate surface area is 123 Å². The molecule has 2 heterocycles. The maximum absolute atomic E-state index is 12.1. The second-order valence-electron chi connectivity index (χ2n) is 4.52. The fourth-order valence-electron chi connectivity index (χ4n) is 2.07. The van der Waals surface area contributed by atoms with Crippen molar-refractivity contribution in [1.82, 2.24) is 0 Å². The molecule has 2 aromatic rings. The fourth-order valence-corrected chi connectivity index (χ4v) is 2.81. The van der Waals surface area contributed by atoms with E-state index in [1.807, 2.05) is 0 Å². The van der Waals surface area contributed by atoms with Crippen LogP contribution in [0.5, 0.6) is 0 Å². The van der Waals surface area contributed by atoms with Crippen molar-refractivity contribution in [3.63, 3.8) is 0 Å². The molecule has 2 amide bonds. The van der Waals surface area contributed by atoms with Gasteiger partial charge in [0, 0.05) is 11.3 Å². The maximum Gasteiger partial charge on any atom is 0.345 e. The van der Waals surface area contributed by atoms with Crippen molar-refractivity contribution < 1.29 is 19.5 Å². The minimum absolute atomic E-state index is 0.0908. The molecule has 1 aliphatic rings. The van der Waals surface area contributed by atoms with Crippen LogP contribution >= 0.6 is 11.3 Å². The molecule has 3 rings (SSSR count). The summed E-state index contributed by atoms with van der Waals surface area (Å²) in [5.41, 5.74) is 1.93. The van der Waals surface area contributed by atoms with Gasteiger partial charge in [-0.15, -0.1) is 11.3 Å². The molecule has 3 N–H and O–H groups in total. The lowest BCUT2D eigenvalue weighted by Gasteiger charge is -2.04. The second-order valence-corrected chi connectivity index (χ2v) is 5.60. The molecule has 6 nitrogen and oxygen atoms in total. The van der Waals surface area contributed by atoms with Crippen molar-refractivity contribution in [2.24, 2.45) is 0 Å². The summed E-state index contributed by atoms with van der Waals surface area (Å²) in [6.45, 7) is 0. The summed E-state index contributed by atoms with van der Waals surface area (Å²) in [7, 11) is 0. The van der Waals surface area contributed by atoms with E-state index in [0.717, 1.165) is 22.6 Å². The summed E-state index contributed by atoms with van der Waals surface area (Å²) >= 11 is 0.992. The molecule has 0 saturated heterocycles. The third-order valence-corrected chi connectivity index (χ3v) is 4.03. The van der Waals surface area contributed by atoms with Crippen molar-refractivity contribution >= 4 is 39.8 Å². The van der Waals surface area contributed by atoms with Gasteiger partial charge < -0.3 is 15.7 Å². The molecule has 0 atom stereocenters. The highest BCUT2D eigenvalue weighted by Gasteiger charge is 2.19. The summed E-state index contributed by atoms with van der Waals surface area (Å²) in [6, 6.07) is 7.95. The Bertz CT molecular complexity index is 766. The van der Waals surface area contributed by atoms with Crippen LogP contribution in [0.1, 0.15) is 25.6 Å². The number of amides is 2. The Balaban J connectivity index is 1.78. The lowest BCUT2D eigenvalue weighted by atomic mass is 10.1. The SMILES string of the molecule is O=C1Cc2cc(C(=O)Nc3ccc(C(=O)O)s3)ccc2N1. The monoisotopic (exact) mass is 302 g/mol. The second kappa shape index (κ2) is 5.02. The van der Waals surface area contributed by atoms with Crippen LogP contribution < -0.4 is 10.6 Å². The molecule has 0 radical (unpaired) electrons. The van der Waals surface area contributed by atoms with E-state index in [-0.39, 0.29) is 23.1 Å². The molecule has 21 heavy (non-hydrogen) atoms. The van der Waals surface area contributed by atoms with Crippen molar-refractivity contribution in [2.45, 2.75) is 6.42 Å². The van der Waals surface area contributed by atoms with E-state index in [2.05, 4.69) is 10.6 Å². The lowest BCUT2D eigenvalue weighted by molar-refractivity contribution is -0.115. The van der Waals surface area contributed by atoms with Crippen LogP contribution in [-0.2, 0) is 11.2 Å². The van der Waals surface area contributed by atoms with E-state index in [4.69, 9.17) is 5.11 Å². The molecule has 0 saturated carbocycles. The molecule has 0 aliphatic carbocycles. The Morgan fingerprint density at radius 1 is 1.24 bits per heavy atom. The highest BCUT2D eigenvalue weighted by atomic mass is 32.1. The Morgan fingerprint density at radius 2 is 2.05 bits per heavy atom. The zero-order valence-electron chi connectivity index (χ0n) is 10.7. The Kier molecular flexibility index (Phi) is 3.19. The number of carboxylic acid groups (broad SMARTS) is 1. The van der Waals surface area contributed by atoms with Crippen LogP contribution in [0.15, 0.2) is 30.3 Å². The van der Waals surface area contributed by atoms with E-state index in [9.17, 15) is 14.4 Å². The largest absolute Gasteiger partial charge is 0.477 e. The van der Waals surface area contributed by atoms with Crippen LogP contribution in [0, 0.1) is 0 Å². The molecule has 1 aromatic carbocycles. The van der Waals surface area contributed by atoms with E-state index >= 15 is 0 Å². The van der Waals surface area contributed by atoms with Gasteiger partial charge in [-0.2, -0.15) is 0 Å². The minimum Gasteiger partial charge on any atom is -0.477 e. The molecule has 0 unspecified atom stereocenters. The molecule has 1 aromatic heterocycles. The number of anilines is 2. The molecule has 106 valence electrons. The molecule has 0 bridgehead atoms. The first-order valence-corrected chi connectivity index (χ1v) is 6.92. The quantitative estimate of drug-likeness (QED) is 0.810. The molecular weight excluding hydrogens is 292 g/mol. The van der Waals surface area contributed by atoms with E-state index in [1.54, 1.807) is 24.3 Å². The lowest BCUT2D eigenvalue weighted by Crippen LogP contribution is -2.11. The van der Waals surface area contributed by atoms with Crippen LogP contribution in [0.25, 0.3) is 0 Å². The van der Waals surface area contributed by atoms with Gasteiger partial charge in [-0.05, 0) is 35.9 Å². The zero-order chi connectivity index (χ0) is 15.0. The van der Waals surface area contributed by atoms with E-state index in [0.29, 0.717) is 10.6 Å². The van der Waals surface area contributed by atoms with Crippen molar-refractivity contribution in [3.05, 3.63) is 46.3 Å². The van der Waals surface area contributed by atoms with E-state index in [1.165, 1.54) is 6.07 Å². The first-order valence-electron chi connectivity index (χ1n) is 6.10. The minimum atomic E-state index is -1.03. The van der Waals surface area contributed by atoms with E-state index < -0.39 is 5.97 Å². The third kappa shape index (κ3) is 2.63. The average Bonchev–Trinajstić information content (AvgIpc) is 3.02. The van der Waals surface area contributed by atoms with Crippen molar-refractivity contribution in [2.75, 3.05) is 10.6 Å². The predicted octanol–water partition coefficient (Wildman–Crippen LogP) is 2.19. The number of rotatable bonds is 3. The molecule has 0 spiro atoms. The van der Waals surface area contributed by atoms with Crippen molar-refractivity contribution in [1.29, 1.82) is 0 Å². The first-order chi connectivity index (χ1) is 10.0. The zero-order valence-corrected chi connectivity index (χ0v) is 11.5. The van der Waals surface area contributed by atoms with Crippen LogP contribution in [0.4, 0.5) is 10.7 Å². The van der Waals surface area contributed by atoms with Crippen LogP contribution in [0.2, 0.25) is 0 Å². The molecule has 1 aliphatic heterocycles. The van der Waals surface area contributed by atoms with Gasteiger partial charge in [0.05, 0.1) is 11.4 Å². The van der Waals surface area contributed by atoms with Crippen molar-refractivity contribution in [3.8, 4) is 0 Å². The van der Waals surface area contributed by atoms with Gasteiger partial charge in [-0.1, -0.05) is 0 Å². The summed E-state index contributed by atoms with van der Waals surface area (Å²) in [4.78, 5) is 34.3. The number of hydrogen-bond donors (Lipinski definition) is 3. The van der Waals surface area contributed by atoms with Gasteiger partial charge in [-0.3, -0.25) is 9.59 Å². The highest BCUT2D eigenvalue weighted by molar-refractivity contribution is 7.18. The average molecular weight is 302 g/mol. The number of carbonyl (C=O) groups is 3. The number of thiophene rings is 1. The van der Waals surface area contributed by atoms with Gasteiger partial charge in [0.1, 0.15) is 4.88 Å². The molecule has 0 fully saturated rings. The maximum atomic E-state index is 12.1. The number of benzene rings is 1. The third-order valence-electron chi connectivity index (χ3n) is 3.05. The number of fused-ring (bicyclic) bond motifs is 1. The Morgan fingerprint density at radius 3 is 2.76 bits per heavy atom. The van der Waals surface area contributed by atoms with Gasteiger partial charge in [0.25, 0.3) is 5.91 Å². The number of nitrogens with one attached hydrogen (secondary N) is 2. The highest BCUT2D eigenvalue weighted by Crippen LogP contribution is 2.26. The van der Waals surface area contributed by atoms with Gasteiger partial charge in [-0.25, -0.2) is 4.79 Å². The topological polar surface area (TPSA) is 95.5 Å². The Hall–Kier alpha value is -2.67. The summed E-state index contributed by atoms with van der Waals surface area (Å²) in [5.74, 6) is -1.45. The summed E-state index contributed by atoms with van der Waals surface area (Å²) in [6.07, 6.45) is 0.263. The smallest absolute Gasteiger partial charge is 0.345 e. The number of carbonyl (C=O) groups excluding carboxylic acids is 2. The predicted molar refractivity (Wildman–Crippen MR) is 78.0 cm³/mol. The number of carboxylic acids is 1. The van der Waals surface area contributed by atoms with Crippen LogP contribution in [0.3, 0.4) is 0 Å². The van der Waals surface area contributed by atoms with Gasteiger partial charge >= 0.3 is 5.97 Å². The van der Waals surface area contributed by atoms with Gasteiger partial charge in [0.15, 0.2) is 0 Å². The number of hydrogen-bond acceptors (Lipinski definition) is 4. The fraction of sp³-hybridized carbons (Fsp3) is 0.0714. The summed E-state index contributed by atoms with van der Waals surface area (Å²) in [5, 5.41) is 14.6. The van der Waals surface area contributed by atoms with Gasteiger partial charge in [0.2, 0.25) is 5.91 Å². The molecular formula is C14H10N2O4S. The molecule has 7 heteroatoms. The summed E-state index contributed by atoms with van der Waals surface area (Å²) < 4.78 is 0. The van der Waals surface area contributed by atoms with Crippen LogP contribution in [-0.4, -0.2) is 22.9 Å². The standard InChI is InChI=1S/C14H10N2O4S/c17-11-6-8-5-7(1-2-9(8)15-11)13(18)16-12-4-3-10(21-12)14(19)20/h1-5H,6H2,(H,15,17)(H,16,18)(H,19,20). The number of aromatic carboxylic acids is 1. The normalized spacial score (nSPS) is 12.7. The first kappa shape index (κ1) is 13.3.